The average Bonchev–Trinajstić information content (AvgIpc) is 2.30. The van der Waals surface area contributed by atoms with Gasteiger partial charge in [-0.2, -0.15) is 13.2 Å². The summed E-state index contributed by atoms with van der Waals surface area (Å²) in [5.74, 6) is -0.725. The highest BCUT2D eigenvalue weighted by Gasteiger charge is 2.34. The highest BCUT2D eigenvalue weighted by molar-refractivity contribution is 6.34. The van der Waals surface area contributed by atoms with E-state index in [2.05, 4.69) is 0 Å². The van der Waals surface area contributed by atoms with Gasteiger partial charge in [0.2, 0.25) is 5.91 Å². The molecule has 0 bridgehead atoms. The van der Waals surface area contributed by atoms with Gasteiger partial charge in [0.25, 0.3) is 0 Å². The van der Waals surface area contributed by atoms with Gasteiger partial charge in [-0.15, -0.1) is 11.6 Å². The zero-order chi connectivity index (χ0) is 15.3. The Balaban J connectivity index is 2.92. The van der Waals surface area contributed by atoms with Gasteiger partial charge in [-0.1, -0.05) is 17.7 Å². The molecule has 0 spiro atoms. The number of amides is 3. The van der Waals surface area contributed by atoms with Crippen molar-refractivity contribution in [1.29, 1.82) is 0 Å². The van der Waals surface area contributed by atoms with Crippen molar-refractivity contribution >= 4 is 40.8 Å². The Morgan fingerprint density at radius 3 is 2.45 bits per heavy atom. The molecule has 1 rings (SSSR count). The van der Waals surface area contributed by atoms with Crippen molar-refractivity contribution in [2.45, 2.75) is 12.6 Å². The summed E-state index contributed by atoms with van der Waals surface area (Å²) in [4.78, 5) is 22.5. The van der Waals surface area contributed by atoms with Crippen molar-refractivity contribution in [3.05, 3.63) is 28.8 Å². The molecular formula is C11H9Cl2F3N2O2. The zero-order valence-electron chi connectivity index (χ0n) is 9.85. The van der Waals surface area contributed by atoms with Crippen LogP contribution in [0.2, 0.25) is 5.02 Å². The van der Waals surface area contributed by atoms with Crippen molar-refractivity contribution < 1.29 is 22.8 Å². The number of hydrogen-bond acceptors (Lipinski definition) is 2. The van der Waals surface area contributed by atoms with Crippen LogP contribution in [0.3, 0.4) is 0 Å². The molecule has 1 aromatic rings. The molecule has 0 aliphatic carbocycles. The number of benzene rings is 1. The number of nitrogens with one attached hydrogen (secondary N) is 2. The van der Waals surface area contributed by atoms with E-state index in [1.807, 2.05) is 10.6 Å². The third kappa shape index (κ3) is 4.57. The summed E-state index contributed by atoms with van der Waals surface area (Å²) < 4.78 is 38.2. The predicted molar refractivity (Wildman–Crippen MR) is 69.0 cm³/mol. The molecule has 0 aliphatic heterocycles. The van der Waals surface area contributed by atoms with Gasteiger partial charge in [-0.3, -0.25) is 10.1 Å². The van der Waals surface area contributed by atoms with E-state index in [1.54, 1.807) is 0 Å². The molecule has 0 atom stereocenters. The summed E-state index contributed by atoms with van der Waals surface area (Å²) in [6.45, 7) is 0. The third-order valence-electron chi connectivity index (χ3n) is 2.13. The Labute approximate surface area is 122 Å². The summed E-state index contributed by atoms with van der Waals surface area (Å²) in [6.07, 6.45) is -4.82. The van der Waals surface area contributed by atoms with Crippen molar-refractivity contribution in [2.24, 2.45) is 0 Å². The van der Waals surface area contributed by atoms with Gasteiger partial charge >= 0.3 is 12.2 Å². The summed E-state index contributed by atoms with van der Waals surface area (Å²) in [6, 6.07) is 1.95. The number of carbonyl (C=O) groups is 2. The summed E-state index contributed by atoms with van der Waals surface area (Å²) >= 11 is 10.9. The van der Waals surface area contributed by atoms with E-state index in [1.165, 1.54) is 6.07 Å². The normalized spacial score (nSPS) is 11.1. The number of carbonyl (C=O) groups excluding carboxylic acids is 2. The van der Waals surface area contributed by atoms with Crippen LogP contribution < -0.4 is 10.6 Å². The van der Waals surface area contributed by atoms with Gasteiger partial charge in [0.15, 0.2) is 0 Å². The molecule has 20 heavy (non-hydrogen) atoms. The van der Waals surface area contributed by atoms with E-state index in [-0.39, 0.29) is 17.3 Å². The molecule has 3 amide bonds. The number of halogens is 5. The zero-order valence-corrected chi connectivity index (χ0v) is 11.4. The van der Waals surface area contributed by atoms with Crippen LogP contribution in [0.5, 0.6) is 0 Å². The lowest BCUT2D eigenvalue weighted by Crippen LogP contribution is -2.35. The van der Waals surface area contributed by atoms with Crippen LogP contribution in [0.1, 0.15) is 12.0 Å². The number of imide groups is 1. The molecular weight excluding hydrogens is 320 g/mol. The van der Waals surface area contributed by atoms with E-state index in [4.69, 9.17) is 23.2 Å². The molecule has 0 unspecified atom stereocenters. The lowest BCUT2D eigenvalue weighted by atomic mass is 10.1. The summed E-state index contributed by atoms with van der Waals surface area (Å²) in [7, 11) is 0. The quantitative estimate of drug-likeness (QED) is 0.832. The maximum atomic E-state index is 12.7. The second-order valence-corrected chi connectivity index (χ2v) is 4.39. The van der Waals surface area contributed by atoms with E-state index >= 15 is 0 Å². The van der Waals surface area contributed by atoms with Crippen molar-refractivity contribution in [3.8, 4) is 0 Å². The maximum Gasteiger partial charge on any atom is 0.418 e. The van der Waals surface area contributed by atoms with Crippen molar-refractivity contribution in [3.63, 3.8) is 0 Å². The van der Waals surface area contributed by atoms with Crippen LogP contribution in [0.4, 0.5) is 23.7 Å². The molecule has 1 aromatic carbocycles. The first-order valence-corrected chi connectivity index (χ1v) is 6.19. The largest absolute Gasteiger partial charge is 0.418 e. The number of hydrogen-bond donors (Lipinski definition) is 2. The van der Waals surface area contributed by atoms with Crippen molar-refractivity contribution in [2.75, 3.05) is 11.2 Å². The fourth-order valence-corrected chi connectivity index (χ4v) is 1.70. The summed E-state index contributed by atoms with van der Waals surface area (Å²) in [5.41, 5.74) is -1.72. The molecule has 0 heterocycles. The van der Waals surface area contributed by atoms with Gasteiger partial charge in [-0.05, 0) is 12.1 Å². The third-order valence-corrected chi connectivity index (χ3v) is 2.64. The number of rotatable bonds is 3. The van der Waals surface area contributed by atoms with Gasteiger partial charge in [0, 0.05) is 12.3 Å². The second-order valence-electron chi connectivity index (χ2n) is 3.60. The fraction of sp³-hybridized carbons (Fsp3) is 0.273. The Morgan fingerprint density at radius 1 is 1.25 bits per heavy atom. The number of para-hydroxylation sites is 1. The average molecular weight is 329 g/mol. The van der Waals surface area contributed by atoms with Gasteiger partial charge < -0.3 is 5.32 Å². The number of urea groups is 1. The molecule has 0 radical (unpaired) electrons. The van der Waals surface area contributed by atoms with Crippen LogP contribution in [0.25, 0.3) is 0 Å². The maximum absolute atomic E-state index is 12.7. The number of anilines is 1. The highest BCUT2D eigenvalue weighted by Crippen LogP contribution is 2.38. The molecule has 0 fully saturated rings. The van der Waals surface area contributed by atoms with Crippen LogP contribution in [-0.4, -0.2) is 17.8 Å². The fourth-order valence-electron chi connectivity index (χ4n) is 1.31. The SMILES string of the molecule is O=C(CCCl)NC(=O)Nc1c(Cl)cccc1C(F)(F)F. The minimum atomic E-state index is -4.69. The first-order valence-electron chi connectivity index (χ1n) is 5.28. The Bertz CT molecular complexity index is 521. The van der Waals surface area contributed by atoms with E-state index < -0.39 is 29.4 Å². The van der Waals surface area contributed by atoms with E-state index in [9.17, 15) is 22.8 Å². The molecule has 0 saturated heterocycles. The second kappa shape index (κ2) is 6.81. The standard InChI is InChI=1S/C11H9Cl2F3N2O2/c12-5-4-8(19)17-10(20)18-9-6(11(14,15)16)2-1-3-7(9)13/h1-3H,4-5H2,(H2,17,18,19,20). The van der Waals surface area contributed by atoms with Gasteiger partial charge in [0.05, 0.1) is 16.3 Å². The highest BCUT2D eigenvalue weighted by atomic mass is 35.5. The molecule has 0 saturated carbocycles. The minimum Gasteiger partial charge on any atom is -0.306 e. The Kier molecular flexibility index (Phi) is 5.64. The van der Waals surface area contributed by atoms with Crippen molar-refractivity contribution in [1.82, 2.24) is 5.32 Å². The predicted octanol–water partition coefficient (Wildman–Crippen LogP) is 3.64. The lowest BCUT2D eigenvalue weighted by molar-refractivity contribution is -0.136. The smallest absolute Gasteiger partial charge is 0.306 e. The van der Waals surface area contributed by atoms with Crippen LogP contribution >= 0.6 is 23.2 Å². The molecule has 2 N–H and O–H groups in total. The Hall–Kier alpha value is -1.47. The van der Waals surface area contributed by atoms with Gasteiger partial charge in [0.1, 0.15) is 0 Å². The van der Waals surface area contributed by atoms with Crippen LogP contribution in [0.15, 0.2) is 18.2 Å². The first kappa shape index (κ1) is 16.6. The molecule has 110 valence electrons. The lowest BCUT2D eigenvalue weighted by Gasteiger charge is -2.15. The minimum absolute atomic E-state index is 0.0149. The van der Waals surface area contributed by atoms with Crippen LogP contribution in [0, 0.1) is 0 Å². The molecule has 9 heteroatoms. The van der Waals surface area contributed by atoms with Crippen LogP contribution in [-0.2, 0) is 11.0 Å². The van der Waals surface area contributed by atoms with Gasteiger partial charge in [-0.25, -0.2) is 4.79 Å². The summed E-state index contributed by atoms with van der Waals surface area (Å²) in [5, 5.41) is 3.45. The topological polar surface area (TPSA) is 58.2 Å². The number of alkyl halides is 4. The monoisotopic (exact) mass is 328 g/mol. The molecule has 0 aliphatic rings. The van der Waals surface area contributed by atoms with E-state index in [0.29, 0.717) is 0 Å². The van der Waals surface area contributed by atoms with E-state index in [0.717, 1.165) is 12.1 Å². The Morgan fingerprint density at radius 2 is 1.90 bits per heavy atom. The first-order chi connectivity index (χ1) is 9.25. The molecule has 0 aromatic heterocycles. The molecule has 4 nitrogen and oxygen atoms in total.